The number of amides is 1. The molecule has 2 heterocycles. The highest BCUT2D eigenvalue weighted by atomic mass is 16.5. The molecular formula is C10H11NO2. The summed E-state index contributed by atoms with van der Waals surface area (Å²) >= 11 is 0. The van der Waals surface area contributed by atoms with Crippen molar-refractivity contribution in [2.24, 2.45) is 11.8 Å². The van der Waals surface area contributed by atoms with Gasteiger partial charge in [-0.3, -0.25) is 4.79 Å². The Kier molecular flexibility index (Phi) is 1.20. The summed E-state index contributed by atoms with van der Waals surface area (Å²) in [6.07, 6.45) is 7.02. The average molecular weight is 178 g/mol. The predicted octanol–water partition coefficient (Wildman–Crippen LogP) is 0.543. The molecule has 0 saturated carbocycles. The Bertz CT molecular complexity index is 352. The van der Waals surface area contributed by atoms with Crippen LogP contribution in [0, 0.1) is 11.8 Å². The van der Waals surface area contributed by atoms with Crippen LogP contribution in [0.5, 0.6) is 0 Å². The zero-order valence-electron chi connectivity index (χ0n) is 8.14. The van der Waals surface area contributed by atoms with E-state index in [1.165, 1.54) is 0 Å². The van der Waals surface area contributed by atoms with Gasteiger partial charge in [0.2, 0.25) is 5.91 Å². The summed E-state index contributed by atoms with van der Waals surface area (Å²) in [4.78, 5) is 13.6. The third kappa shape index (κ3) is 0.851. The van der Waals surface area contributed by atoms with E-state index < -0.39 is 5.89 Å². The van der Waals surface area contributed by atoms with Gasteiger partial charge >= 0.3 is 0 Å². The van der Waals surface area contributed by atoms with Crippen LogP contribution in [0.15, 0.2) is 24.3 Å². The SMILES string of the molecule is [2H][C@@]12C=CC=C[C@@H]1[C@@H]1OCCN1C2=O. The normalized spacial score (nSPS) is 47.8. The van der Waals surface area contributed by atoms with E-state index in [1.807, 2.05) is 12.2 Å². The van der Waals surface area contributed by atoms with Crippen LogP contribution < -0.4 is 0 Å². The third-order valence-electron chi connectivity index (χ3n) is 2.81. The van der Waals surface area contributed by atoms with Crippen molar-refractivity contribution >= 4 is 5.91 Å². The zero-order valence-corrected chi connectivity index (χ0v) is 7.14. The molecule has 0 N–H and O–H groups in total. The van der Waals surface area contributed by atoms with E-state index in [0.717, 1.165) is 0 Å². The Morgan fingerprint density at radius 3 is 3.31 bits per heavy atom. The molecule has 0 unspecified atom stereocenters. The van der Waals surface area contributed by atoms with Crippen molar-refractivity contribution in [3.8, 4) is 0 Å². The van der Waals surface area contributed by atoms with Gasteiger partial charge < -0.3 is 9.64 Å². The number of carbonyl (C=O) groups excluding carboxylic acids is 1. The molecule has 0 radical (unpaired) electrons. The van der Waals surface area contributed by atoms with Crippen LogP contribution in [0.3, 0.4) is 0 Å². The van der Waals surface area contributed by atoms with Gasteiger partial charge in [-0.1, -0.05) is 24.3 Å². The molecule has 2 saturated heterocycles. The highest BCUT2D eigenvalue weighted by Crippen LogP contribution is 2.37. The molecule has 3 aliphatic rings. The second-order valence-electron chi connectivity index (χ2n) is 3.49. The van der Waals surface area contributed by atoms with Crippen LogP contribution in [0.25, 0.3) is 0 Å². The zero-order chi connectivity index (χ0) is 9.76. The number of rotatable bonds is 0. The molecule has 3 rings (SSSR count). The molecule has 0 aromatic rings. The van der Waals surface area contributed by atoms with Crippen molar-refractivity contribution in [3.05, 3.63) is 24.3 Å². The van der Waals surface area contributed by atoms with E-state index in [-0.39, 0.29) is 18.1 Å². The summed E-state index contributed by atoms with van der Waals surface area (Å²) in [6, 6.07) is 0. The summed E-state index contributed by atoms with van der Waals surface area (Å²) in [7, 11) is 0. The number of carbonyl (C=O) groups is 1. The fraction of sp³-hybridized carbons (Fsp3) is 0.500. The number of nitrogens with zero attached hydrogens (tertiary/aromatic N) is 1. The lowest BCUT2D eigenvalue weighted by Crippen LogP contribution is -2.29. The summed E-state index contributed by atoms with van der Waals surface area (Å²) in [6.45, 7) is 1.23. The maximum Gasteiger partial charge on any atom is 0.232 e. The van der Waals surface area contributed by atoms with Crippen LogP contribution >= 0.6 is 0 Å². The summed E-state index contributed by atoms with van der Waals surface area (Å²) in [5, 5.41) is 0. The fourth-order valence-electron chi connectivity index (χ4n) is 2.19. The van der Waals surface area contributed by atoms with E-state index in [1.54, 1.807) is 17.1 Å². The predicted molar refractivity (Wildman–Crippen MR) is 46.7 cm³/mol. The van der Waals surface area contributed by atoms with Crippen molar-refractivity contribution in [1.82, 2.24) is 4.90 Å². The molecule has 3 atom stereocenters. The first kappa shape index (κ1) is 6.38. The highest BCUT2D eigenvalue weighted by Gasteiger charge is 2.49. The van der Waals surface area contributed by atoms with Gasteiger partial charge in [0.05, 0.1) is 12.5 Å². The number of ether oxygens (including phenoxy) is 1. The first-order valence-corrected chi connectivity index (χ1v) is 4.52. The highest BCUT2D eigenvalue weighted by molar-refractivity contribution is 5.84. The van der Waals surface area contributed by atoms with Crippen LogP contribution in [0.2, 0.25) is 0 Å². The molecule has 0 aromatic carbocycles. The Hall–Kier alpha value is -1.09. The van der Waals surface area contributed by atoms with Gasteiger partial charge in [0.25, 0.3) is 0 Å². The molecule has 0 bridgehead atoms. The topological polar surface area (TPSA) is 29.5 Å². The van der Waals surface area contributed by atoms with E-state index in [9.17, 15) is 4.79 Å². The molecule has 1 aliphatic carbocycles. The Balaban J connectivity index is 2.07. The molecule has 2 fully saturated rings. The number of hydrogen-bond donors (Lipinski definition) is 0. The minimum atomic E-state index is -1.11. The van der Waals surface area contributed by atoms with E-state index in [2.05, 4.69) is 0 Å². The van der Waals surface area contributed by atoms with Crippen LogP contribution in [-0.2, 0) is 9.53 Å². The molecule has 13 heavy (non-hydrogen) atoms. The summed E-state index contributed by atoms with van der Waals surface area (Å²) in [5.74, 6) is -1.37. The van der Waals surface area contributed by atoms with Gasteiger partial charge in [0.15, 0.2) is 0 Å². The minimum absolute atomic E-state index is 0.120. The van der Waals surface area contributed by atoms with Crippen molar-refractivity contribution in [1.29, 1.82) is 0 Å². The fourth-order valence-corrected chi connectivity index (χ4v) is 2.19. The van der Waals surface area contributed by atoms with Crippen molar-refractivity contribution < 1.29 is 10.9 Å². The molecular weight excluding hydrogens is 166 g/mol. The third-order valence-corrected chi connectivity index (χ3v) is 2.81. The Labute approximate surface area is 78.1 Å². The minimum Gasteiger partial charge on any atom is -0.356 e. The summed E-state index contributed by atoms with van der Waals surface area (Å²) in [5.41, 5.74) is 0. The smallest absolute Gasteiger partial charge is 0.232 e. The largest absolute Gasteiger partial charge is 0.356 e. The average Bonchev–Trinajstić information content (AvgIpc) is 2.71. The lowest BCUT2D eigenvalue weighted by atomic mass is 9.90. The van der Waals surface area contributed by atoms with Crippen molar-refractivity contribution in [3.63, 3.8) is 0 Å². The molecule has 68 valence electrons. The molecule has 3 heteroatoms. The Morgan fingerprint density at radius 1 is 1.54 bits per heavy atom. The van der Waals surface area contributed by atoms with Crippen LogP contribution in [-0.4, -0.2) is 30.2 Å². The van der Waals surface area contributed by atoms with Gasteiger partial charge in [-0.05, 0) is 0 Å². The monoisotopic (exact) mass is 178 g/mol. The standard InChI is InChI=1S/C10H11NO2/c12-9-7-3-1-2-4-8(7)10-11(9)5-6-13-10/h1-4,7-8,10H,5-6H2/t7-,8+,10+/m1/s1/i7D. The van der Waals surface area contributed by atoms with Gasteiger partial charge in [-0.25, -0.2) is 0 Å². The number of allylic oxidation sites excluding steroid dienone is 2. The second kappa shape index (κ2) is 2.45. The Morgan fingerprint density at radius 2 is 2.38 bits per heavy atom. The molecule has 3 nitrogen and oxygen atoms in total. The molecule has 0 aromatic heterocycles. The quantitative estimate of drug-likeness (QED) is 0.542. The van der Waals surface area contributed by atoms with E-state index in [4.69, 9.17) is 6.11 Å². The van der Waals surface area contributed by atoms with E-state index >= 15 is 0 Å². The number of hydrogen-bond acceptors (Lipinski definition) is 2. The van der Waals surface area contributed by atoms with Gasteiger partial charge in [0.1, 0.15) is 6.23 Å². The van der Waals surface area contributed by atoms with Crippen molar-refractivity contribution in [2.75, 3.05) is 13.2 Å². The maximum absolute atomic E-state index is 11.9. The maximum atomic E-state index is 11.9. The molecule has 0 spiro atoms. The molecule has 1 amide bonds. The van der Waals surface area contributed by atoms with Gasteiger partial charge in [-0.15, -0.1) is 0 Å². The summed E-state index contributed by atoms with van der Waals surface area (Å²) < 4.78 is 13.6. The lowest BCUT2D eigenvalue weighted by Gasteiger charge is -2.17. The first-order valence-electron chi connectivity index (χ1n) is 5.02. The molecule has 2 aliphatic heterocycles. The van der Waals surface area contributed by atoms with Gasteiger partial charge in [-0.2, -0.15) is 0 Å². The lowest BCUT2D eigenvalue weighted by molar-refractivity contribution is -0.131. The number of fused-ring (bicyclic) bond motifs is 3. The van der Waals surface area contributed by atoms with Crippen molar-refractivity contribution in [2.45, 2.75) is 6.23 Å². The second-order valence-corrected chi connectivity index (χ2v) is 3.49. The van der Waals surface area contributed by atoms with Crippen LogP contribution in [0.1, 0.15) is 1.37 Å². The van der Waals surface area contributed by atoms with Gasteiger partial charge in [0, 0.05) is 13.8 Å². The van der Waals surface area contributed by atoms with Crippen LogP contribution in [0.4, 0.5) is 0 Å². The van der Waals surface area contributed by atoms with E-state index in [0.29, 0.717) is 13.2 Å². The first-order chi connectivity index (χ1) is 6.73.